The topological polar surface area (TPSA) is 118 Å². The highest BCUT2D eigenvalue weighted by Crippen LogP contribution is 2.17. The van der Waals surface area contributed by atoms with Crippen LogP contribution in [0.25, 0.3) is 11.2 Å². The maximum absolute atomic E-state index is 12.0. The minimum Gasteiger partial charge on any atom is -0.348 e. The lowest BCUT2D eigenvalue weighted by Crippen LogP contribution is -2.35. The molecule has 0 aliphatic carbocycles. The third-order valence-corrected chi connectivity index (χ3v) is 3.19. The zero-order valence-electron chi connectivity index (χ0n) is 12.2. The molecule has 22 heavy (non-hydrogen) atoms. The Morgan fingerprint density at radius 3 is 3.05 bits per heavy atom. The number of nitrogens with one attached hydrogen (secondary N) is 2. The summed E-state index contributed by atoms with van der Waals surface area (Å²) in [5, 5.41) is 10.5. The van der Waals surface area contributed by atoms with Crippen LogP contribution >= 0.6 is 0 Å². The maximum atomic E-state index is 12.0. The molecule has 3 rings (SSSR count). The third kappa shape index (κ3) is 2.71. The smallest absolute Gasteiger partial charge is 0.239 e. The Kier molecular flexibility index (Phi) is 3.64. The molecule has 0 bridgehead atoms. The molecule has 0 aliphatic heterocycles. The minimum atomic E-state index is -0.142. The van der Waals surface area contributed by atoms with Gasteiger partial charge in [0, 0.05) is 14.1 Å². The van der Waals surface area contributed by atoms with Crippen molar-refractivity contribution in [3.05, 3.63) is 24.8 Å². The number of fused-ring (bicyclic) bond motifs is 1. The van der Waals surface area contributed by atoms with Crippen LogP contribution in [-0.2, 0) is 18.4 Å². The number of imidazole rings is 1. The number of likely N-dealkylation sites (N-methyl/N-ethyl adjacent to an activating group) is 1. The number of H-pyrrole nitrogens is 1. The summed E-state index contributed by atoms with van der Waals surface area (Å²) in [7, 11) is 3.61. The molecule has 114 valence electrons. The monoisotopic (exact) mass is 301 g/mol. The first-order valence-electron chi connectivity index (χ1n) is 6.60. The Morgan fingerprint density at radius 2 is 2.27 bits per heavy atom. The molecule has 0 aliphatic rings. The Morgan fingerprint density at radius 1 is 1.41 bits per heavy atom. The van der Waals surface area contributed by atoms with E-state index in [4.69, 9.17) is 0 Å². The molecule has 0 fully saturated rings. The van der Waals surface area contributed by atoms with Crippen LogP contribution in [0.5, 0.6) is 0 Å². The fourth-order valence-corrected chi connectivity index (χ4v) is 2.03. The Bertz CT molecular complexity index is 793. The number of anilines is 1. The molecule has 0 unspecified atom stereocenters. The molecular weight excluding hydrogens is 286 g/mol. The molecule has 0 spiro atoms. The number of rotatable bonds is 5. The highest BCUT2D eigenvalue weighted by Gasteiger charge is 2.14. The number of hydrogen-bond acceptors (Lipinski definition) is 7. The molecule has 1 amide bonds. The number of carbonyl (C=O) groups is 1. The average molecular weight is 301 g/mol. The van der Waals surface area contributed by atoms with E-state index in [0.29, 0.717) is 29.4 Å². The largest absolute Gasteiger partial charge is 0.348 e. The van der Waals surface area contributed by atoms with Crippen LogP contribution in [0.3, 0.4) is 0 Å². The van der Waals surface area contributed by atoms with Crippen LogP contribution in [0.2, 0.25) is 0 Å². The first-order chi connectivity index (χ1) is 10.6. The summed E-state index contributed by atoms with van der Waals surface area (Å²) < 4.78 is 1.75. The first-order valence-corrected chi connectivity index (χ1v) is 6.60. The van der Waals surface area contributed by atoms with E-state index in [1.807, 2.05) is 7.05 Å². The van der Waals surface area contributed by atoms with Gasteiger partial charge in [-0.2, -0.15) is 0 Å². The molecule has 0 atom stereocenters. The van der Waals surface area contributed by atoms with E-state index in [1.165, 1.54) is 6.33 Å². The fraction of sp³-hybridized carbons (Fsp3) is 0.333. The van der Waals surface area contributed by atoms with Crippen molar-refractivity contribution in [3.63, 3.8) is 0 Å². The van der Waals surface area contributed by atoms with Gasteiger partial charge in [-0.15, -0.1) is 10.2 Å². The van der Waals surface area contributed by atoms with E-state index in [2.05, 4.69) is 35.5 Å². The van der Waals surface area contributed by atoms with Gasteiger partial charge in [-0.1, -0.05) is 0 Å². The van der Waals surface area contributed by atoms with Crippen molar-refractivity contribution < 1.29 is 4.79 Å². The van der Waals surface area contributed by atoms with E-state index in [9.17, 15) is 4.79 Å². The van der Waals surface area contributed by atoms with Gasteiger partial charge < -0.3 is 19.8 Å². The van der Waals surface area contributed by atoms with Crippen molar-refractivity contribution >= 4 is 22.9 Å². The second-order valence-corrected chi connectivity index (χ2v) is 4.79. The van der Waals surface area contributed by atoms with E-state index in [-0.39, 0.29) is 12.5 Å². The lowest BCUT2D eigenvalue weighted by Gasteiger charge is -2.17. The number of aromatic amines is 1. The van der Waals surface area contributed by atoms with Crippen LogP contribution in [0.15, 0.2) is 19.0 Å². The van der Waals surface area contributed by atoms with Crippen LogP contribution in [0.1, 0.15) is 5.82 Å². The molecule has 0 radical (unpaired) electrons. The zero-order chi connectivity index (χ0) is 15.5. The van der Waals surface area contributed by atoms with Gasteiger partial charge in [-0.25, -0.2) is 15.0 Å². The molecule has 0 saturated heterocycles. The number of nitrogens with zero attached hydrogens (tertiary/aromatic N) is 7. The molecular formula is C12H15N9O. The van der Waals surface area contributed by atoms with Gasteiger partial charge in [0.1, 0.15) is 18.2 Å². The van der Waals surface area contributed by atoms with Crippen molar-refractivity contribution in [3.8, 4) is 0 Å². The van der Waals surface area contributed by atoms with Gasteiger partial charge in [-0.3, -0.25) is 4.79 Å². The number of amides is 1. The molecule has 10 nitrogen and oxygen atoms in total. The van der Waals surface area contributed by atoms with Crippen molar-refractivity contribution in [2.45, 2.75) is 6.54 Å². The van der Waals surface area contributed by atoms with Crippen LogP contribution in [0, 0.1) is 0 Å². The van der Waals surface area contributed by atoms with Gasteiger partial charge >= 0.3 is 0 Å². The zero-order valence-corrected chi connectivity index (χ0v) is 12.2. The molecule has 3 heterocycles. The third-order valence-electron chi connectivity index (χ3n) is 3.19. The molecule has 0 saturated carbocycles. The average Bonchev–Trinajstić information content (AvgIpc) is 3.13. The van der Waals surface area contributed by atoms with Gasteiger partial charge in [0.2, 0.25) is 5.91 Å². The van der Waals surface area contributed by atoms with Crippen LogP contribution in [-0.4, -0.2) is 54.2 Å². The Labute approximate surface area is 125 Å². The highest BCUT2D eigenvalue weighted by molar-refractivity contribution is 5.86. The molecule has 3 aromatic rings. The first kappa shape index (κ1) is 13.9. The van der Waals surface area contributed by atoms with Crippen molar-refractivity contribution in [2.75, 3.05) is 18.5 Å². The van der Waals surface area contributed by atoms with Gasteiger partial charge in [0.25, 0.3) is 0 Å². The van der Waals surface area contributed by atoms with Gasteiger partial charge in [-0.05, 0) is 0 Å². The summed E-state index contributed by atoms with van der Waals surface area (Å²) >= 11 is 0. The predicted octanol–water partition coefficient (Wildman–Crippen LogP) is -0.766. The quantitative estimate of drug-likeness (QED) is 0.635. The second kappa shape index (κ2) is 5.76. The number of aromatic nitrogens is 7. The van der Waals surface area contributed by atoms with E-state index in [1.54, 1.807) is 29.2 Å². The summed E-state index contributed by atoms with van der Waals surface area (Å²) in [4.78, 5) is 29.0. The normalized spacial score (nSPS) is 10.8. The van der Waals surface area contributed by atoms with E-state index < -0.39 is 0 Å². The number of hydrogen-bond donors (Lipinski definition) is 2. The fourth-order valence-electron chi connectivity index (χ4n) is 2.03. The van der Waals surface area contributed by atoms with Crippen LogP contribution in [0.4, 0.5) is 5.82 Å². The van der Waals surface area contributed by atoms with Crippen molar-refractivity contribution in [2.24, 2.45) is 7.05 Å². The maximum Gasteiger partial charge on any atom is 0.239 e. The number of aryl methyl sites for hydroxylation is 1. The number of carbonyl (C=O) groups excluding carboxylic acids is 1. The molecule has 0 aromatic carbocycles. The van der Waals surface area contributed by atoms with Crippen molar-refractivity contribution in [1.29, 1.82) is 0 Å². The van der Waals surface area contributed by atoms with Gasteiger partial charge in [0.05, 0.1) is 19.4 Å². The highest BCUT2D eigenvalue weighted by atomic mass is 16.2. The molecule has 2 N–H and O–H groups in total. The van der Waals surface area contributed by atoms with E-state index in [0.717, 1.165) is 0 Å². The second-order valence-electron chi connectivity index (χ2n) is 4.79. The Hall–Kier alpha value is -3.04. The summed E-state index contributed by atoms with van der Waals surface area (Å²) in [5.41, 5.74) is 1.27. The van der Waals surface area contributed by atoms with Crippen molar-refractivity contribution in [1.82, 2.24) is 40.0 Å². The summed E-state index contributed by atoms with van der Waals surface area (Å²) in [6.07, 6.45) is 4.56. The molecule has 10 heteroatoms. The lowest BCUT2D eigenvalue weighted by atomic mass is 10.4. The standard InChI is InChI=1S/C12H15N9O/c1-20(12-10-11(15-5-14-10)16-6-17-12)4-9(22)13-3-8-19-18-7-21(8)2/h5-7H,3-4H2,1-2H3,(H,13,22)(H,14,15,16,17). The predicted molar refractivity (Wildman–Crippen MR) is 77.8 cm³/mol. The molecule has 3 aromatic heterocycles. The van der Waals surface area contributed by atoms with E-state index >= 15 is 0 Å². The minimum absolute atomic E-state index is 0.142. The summed E-state index contributed by atoms with van der Waals surface area (Å²) in [6, 6.07) is 0. The summed E-state index contributed by atoms with van der Waals surface area (Å²) in [5.74, 6) is 1.17. The summed E-state index contributed by atoms with van der Waals surface area (Å²) in [6.45, 7) is 0.482. The SMILES string of the molecule is CN(CC(=O)NCc1nncn1C)c1ncnc2nc[nH]c12. The Balaban J connectivity index is 1.64. The lowest BCUT2D eigenvalue weighted by molar-refractivity contribution is -0.119. The van der Waals surface area contributed by atoms with Gasteiger partial charge in [0.15, 0.2) is 17.3 Å². The van der Waals surface area contributed by atoms with Crippen LogP contribution < -0.4 is 10.2 Å².